The largest absolute Gasteiger partial charge is 0.325 e. The molecule has 7 nitrogen and oxygen atoms in total. The normalized spacial score (nSPS) is 24.7. The topological polar surface area (TPSA) is 95.7 Å². The molecule has 2 rings (SSSR count). The summed E-state index contributed by atoms with van der Waals surface area (Å²) in [6.07, 6.45) is 6.39. The first-order chi connectivity index (χ1) is 9.96. The van der Waals surface area contributed by atoms with Crippen LogP contribution in [0.1, 0.15) is 38.5 Å². The summed E-state index contributed by atoms with van der Waals surface area (Å²) in [6, 6.07) is 0.109. The Morgan fingerprint density at radius 3 is 2.29 bits per heavy atom. The lowest BCUT2D eigenvalue weighted by Gasteiger charge is -2.36. The van der Waals surface area contributed by atoms with Crippen LogP contribution in [0.4, 0.5) is 4.79 Å². The zero-order valence-electron chi connectivity index (χ0n) is 12.5. The molecule has 0 aromatic rings. The Balaban J connectivity index is 1.86. The van der Waals surface area contributed by atoms with Crippen LogP contribution in [-0.2, 0) is 10.2 Å². The second kappa shape index (κ2) is 7.42. The lowest BCUT2D eigenvalue weighted by atomic mass is 9.98. The lowest BCUT2D eigenvalue weighted by molar-refractivity contribution is 0.130. The first-order valence-corrected chi connectivity index (χ1v) is 9.31. The number of nitrogens with one attached hydrogen (secondary N) is 1. The van der Waals surface area contributed by atoms with Crippen molar-refractivity contribution in [2.24, 2.45) is 11.1 Å². The van der Waals surface area contributed by atoms with E-state index in [-0.39, 0.29) is 11.9 Å². The summed E-state index contributed by atoms with van der Waals surface area (Å²) in [4.78, 5) is 16.4. The van der Waals surface area contributed by atoms with Crippen LogP contribution in [0, 0.1) is 5.92 Å². The zero-order chi connectivity index (χ0) is 15.3. The number of carbonyl (C=O) groups excluding carboxylic acids is 1. The van der Waals surface area contributed by atoms with E-state index < -0.39 is 10.2 Å². The van der Waals surface area contributed by atoms with E-state index in [0.29, 0.717) is 13.1 Å². The van der Waals surface area contributed by atoms with Crippen LogP contribution in [0.5, 0.6) is 0 Å². The molecule has 21 heavy (non-hydrogen) atoms. The second-order valence-corrected chi connectivity index (χ2v) is 7.41. The van der Waals surface area contributed by atoms with Crippen LogP contribution in [0.3, 0.4) is 0 Å². The first kappa shape index (κ1) is 16.5. The van der Waals surface area contributed by atoms with Crippen molar-refractivity contribution in [2.75, 3.05) is 32.7 Å². The number of nitrogens with two attached hydrogens (primary N) is 1. The van der Waals surface area contributed by atoms with Gasteiger partial charge in [-0.3, -0.25) is 0 Å². The molecule has 0 spiro atoms. The fraction of sp³-hybridized carbons (Fsp3) is 0.923. The molecule has 2 aliphatic rings. The predicted molar refractivity (Wildman–Crippen MR) is 80.8 cm³/mol. The Morgan fingerprint density at radius 1 is 1.05 bits per heavy atom. The minimum atomic E-state index is -3.65. The van der Waals surface area contributed by atoms with Gasteiger partial charge in [0, 0.05) is 32.7 Å². The van der Waals surface area contributed by atoms with Crippen LogP contribution in [0.15, 0.2) is 0 Å². The fourth-order valence-electron chi connectivity index (χ4n) is 3.10. The number of likely N-dealkylation sites (tertiary alicyclic amines) is 2. The van der Waals surface area contributed by atoms with Gasteiger partial charge in [-0.1, -0.05) is 12.8 Å². The van der Waals surface area contributed by atoms with Crippen molar-refractivity contribution in [3.63, 3.8) is 0 Å². The predicted octanol–water partition coefficient (Wildman–Crippen LogP) is 0.488. The molecule has 0 aromatic carbocycles. The molecule has 1 unspecified atom stereocenters. The van der Waals surface area contributed by atoms with E-state index in [0.717, 1.165) is 45.3 Å². The lowest BCUT2D eigenvalue weighted by Crippen LogP contribution is -2.49. The molecule has 3 N–H and O–H groups in total. The third kappa shape index (κ3) is 5.44. The zero-order valence-corrected chi connectivity index (χ0v) is 13.3. The summed E-state index contributed by atoms with van der Waals surface area (Å²) in [5, 5.41) is 4.95. The number of piperidine rings is 1. The van der Waals surface area contributed by atoms with Crippen molar-refractivity contribution in [1.29, 1.82) is 0 Å². The van der Waals surface area contributed by atoms with Crippen LogP contribution in [0.2, 0.25) is 0 Å². The Hall–Kier alpha value is -0.860. The van der Waals surface area contributed by atoms with E-state index >= 15 is 0 Å². The molecule has 0 aliphatic carbocycles. The first-order valence-electron chi connectivity index (χ1n) is 7.77. The van der Waals surface area contributed by atoms with Gasteiger partial charge in [0.15, 0.2) is 0 Å². The van der Waals surface area contributed by atoms with E-state index in [1.165, 1.54) is 12.8 Å². The maximum Gasteiger partial charge on any atom is 0.320 e. The number of hydrogen-bond acceptors (Lipinski definition) is 3. The molecule has 2 saturated heterocycles. The van der Waals surface area contributed by atoms with Crippen molar-refractivity contribution in [1.82, 2.24) is 14.5 Å². The molecule has 1 atom stereocenters. The van der Waals surface area contributed by atoms with Crippen molar-refractivity contribution in [3.05, 3.63) is 0 Å². The van der Waals surface area contributed by atoms with Crippen LogP contribution < -0.4 is 9.86 Å². The highest BCUT2D eigenvalue weighted by molar-refractivity contribution is 7.87. The number of amides is 2. The van der Waals surface area contributed by atoms with E-state index in [1.807, 2.05) is 9.80 Å². The smallest absolute Gasteiger partial charge is 0.320 e. The van der Waals surface area contributed by atoms with Crippen LogP contribution in [0.25, 0.3) is 0 Å². The highest BCUT2D eigenvalue weighted by atomic mass is 32.2. The number of nitrogens with zero attached hydrogens (tertiary/aromatic N) is 2. The van der Waals surface area contributed by atoms with Gasteiger partial charge in [0.1, 0.15) is 0 Å². The van der Waals surface area contributed by atoms with Crippen molar-refractivity contribution in [2.45, 2.75) is 38.5 Å². The third-order valence-electron chi connectivity index (χ3n) is 4.24. The van der Waals surface area contributed by atoms with Gasteiger partial charge in [0.25, 0.3) is 10.2 Å². The summed E-state index contributed by atoms with van der Waals surface area (Å²) in [6.45, 7) is 3.37. The summed E-state index contributed by atoms with van der Waals surface area (Å²) in [5.74, 6) is 0.146. The molecule has 0 aromatic heterocycles. The summed E-state index contributed by atoms with van der Waals surface area (Å²) < 4.78 is 24.2. The number of hydrogen-bond donors (Lipinski definition) is 2. The van der Waals surface area contributed by atoms with E-state index in [9.17, 15) is 13.2 Å². The molecule has 2 aliphatic heterocycles. The Bertz CT molecular complexity index is 446. The molecule has 0 bridgehead atoms. The quantitative estimate of drug-likeness (QED) is 0.792. The average Bonchev–Trinajstić information content (AvgIpc) is 2.73. The number of urea groups is 1. The summed E-state index contributed by atoms with van der Waals surface area (Å²) in [5.41, 5.74) is 0. The van der Waals surface area contributed by atoms with Crippen molar-refractivity contribution in [3.8, 4) is 0 Å². The Morgan fingerprint density at radius 2 is 1.67 bits per heavy atom. The standard InChI is InChI=1S/C13H26N4O3S/c14-21(19,20)15-10-12-6-5-9-17(11-12)13(18)16-7-3-1-2-4-8-16/h12,15H,1-11H2,(H2,14,19,20). The van der Waals surface area contributed by atoms with E-state index in [4.69, 9.17) is 5.14 Å². The Kier molecular flexibility index (Phi) is 5.83. The number of carbonyl (C=O) groups is 1. The maximum absolute atomic E-state index is 12.5. The van der Waals surface area contributed by atoms with Gasteiger partial charge in [-0.15, -0.1) is 0 Å². The molecule has 0 radical (unpaired) electrons. The van der Waals surface area contributed by atoms with Gasteiger partial charge in [-0.25, -0.2) is 14.7 Å². The van der Waals surface area contributed by atoms with E-state index in [2.05, 4.69) is 4.72 Å². The van der Waals surface area contributed by atoms with Crippen molar-refractivity contribution < 1.29 is 13.2 Å². The SMILES string of the molecule is NS(=O)(=O)NCC1CCCN(C(=O)N2CCCCCC2)C1. The molecule has 2 heterocycles. The monoisotopic (exact) mass is 318 g/mol. The van der Waals surface area contributed by atoms with Gasteiger partial charge in [-0.2, -0.15) is 8.42 Å². The Labute approximate surface area is 127 Å². The van der Waals surface area contributed by atoms with Gasteiger partial charge < -0.3 is 9.80 Å². The molecular formula is C13H26N4O3S. The van der Waals surface area contributed by atoms with E-state index in [1.54, 1.807) is 0 Å². The summed E-state index contributed by atoms with van der Waals surface area (Å²) >= 11 is 0. The molecule has 8 heteroatoms. The van der Waals surface area contributed by atoms with Gasteiger partial charge >= 0.3 is 6.03 Å². The van der Waals surface area contributed by atoms with Gasteiger partial charge in [-0.05, 0) is 31.6 Å². The third-order valence-corrected chi connectivity index (χ3v) is 4.81. The molecule has 2 fully saturated rings. The molecule has 2 amide bonds. The molecule has 0 saturated carbocycles. The fourth-order valence-corrected chi connectivity index (χ4v) is 3.57. The minimum absolute atomic E-state index is 0.109. The minimum Gasteiger partial charge on any atom is -0.325 e. The van der Waals surface area contributed by atoms with Crippen molar-refractivity contribution >= 4 is 16.2 Å². The van der Waals surface area contributed by atoms with Gasteiger partial charge in [0.05, 0.1) is 0 Å². The highest BCUT2D eigenvalue weighted by Gasteiger charge is 2.27. The maximum atomic E-state index is 12.5. The highest BCUT2D eigenvalue weighted by Crippen LogP contribution is 2.19. The van der Waals surface area contributed by atoms with Gasteiger partial charge in [0.2, 0.25) is 0 Å². The van der Waals surface area contributed by atoms with Crippen LogP contribution in [-0.4, -0.2) is 57.0 Å². The van der Waals surface area contributed by atoms with Crippen LogP contribution >= 0.6 is 0 Å². The molecule has 122 valence electrons. The molecular weight excluding hydrogens is 292 g/mol. The second-order valence-electron chi connectivity index (χ2n) is 6.03. The number of rotatable bonds is 3. The average molecular weight is 318 g/mol. The summed E-state index contributed by atoms with van der Waals surface area (Å²) in [7, 11) is -3.65.